The maximum Gasteiger partial charge on any atom is 0.179 e. The Kier molecular flexibility index (Phi) is 3.25. The highest BCUT2D eigenvalue weighted by atomic mass is 16.5. The molecular weight excluding hydrogens is 168 g/mol. The lowest BCUT2D eigenvalue weighted by molar-refractivity contribution is 0.310. The van der Waals surface area contributed by atoms with Gasteiger partial charge in [0.1, 0.15) is 0 Å². The Morgan fingerprint density at radius 3 is 2.85 bits per heavy atom. The number of rotatable bonds is 4. The number of pyridine rings is 1. The van der Waals surface area contributed by atoms with E-state index < -0.39 is 0 Å². The van der Waals surface area contributed by atoms with Crippen molar-refractivity contribution in [2.24, 2.45) is 0 Å². The quantitative estimate of drug-likeness (QED) is 0.714. The van der Waals surface area contributed by atoms with E-state index in [1.807, 2.05) is 6.92 Å². The van der Waals surface area contributed by atoms with E-state index in [1.165, 1.54) is 6.21 Å². The smallest absolute Gasteiger partial charge is 0.179 e. The number of hydrogen-bond acceptors (Lipinski definition) is 4. The van der Waals surface area contributed by atoms with Gasteiger partial charge in [-0.15, -0.1) is 0 Å². The lowest BCUT2D eigenvalue weighted by Gasteiger charge is -2.08. The van der Waals surface area contributed by atoms with Gasteiger partial charge >= 0.3 is 0 Å². The molecule has 0 bridgehead atoms. The molecule has 0 saturated carbocycles. The Morgan fingerprint density at radius 1 is 1.54 bits per heavy atom. The number of ether oxygens (including phenoxy) is 2. The summed E-state index contributed by atoms with van der Waals surface area (Å²) in [4.78, 5) is 3.96. The third-order valence-electron chi connectivity index (χ3n) is 1.52. The maximum absolute atomic E-state index is 7.02. The molecule has 4 heteroatoms. The van der Waals surface area contributed by atoms with Crippen LogP contribution >= 0.6 is 0 Å². The molecule has 0 amide bonds. The average molecular weight is 180 g/mol. The number of methoxy groups -OCH3 is 1. The molecule has 1 heterocycles. The molecule has 4 nitrogen and oxygen atoms in total. The minimum absolute atomic E-state index is 0.559. The van der Waals surface area contributed by atoms with Gasteiger partial charge in [0.05, 0.1) is 25.6 Å². The molecule has 1 aromatic heterocycles. The molecule has 1 rings (SSSR count). The number of aromatic nitrogens is 1. The molecule has 1 N–H and O–H groups in total. The summed E-state index contributed by atoms with van der Waals surface area (Å²) in [5, 5.41) is 7.02. The zero-order valence-electron chi connectivity index (χ0n) is 7.70. The van der Waals surface area contributed by atoms with Gasteiger partial charge in [-0.05, 0) is 6.92 Å². The van der Waals surface area contributed by atoms with E-state index in [4.69, 9.17) is 14.9 Å². The number of hydrogen-bond donors (Lipinski definition) is 1. The second-order valence-corrected chi connectivity index (χ2v) is 2.34. The van der Waals surface area contributed by atoms with Crippen LogP contribution < -0.4 is 9.47 Å². The second kappa shape index (κ2) is 4.45. The molecule has 0 fully saturated rings. The number of nitrogens with one attached hydrogen (secondary N) is 1. The molecule has 0 saturated heterocycles. The van der Waals surface area contributed by atoms with Gasteiger partial charge in [-0.2, -0.15) is 0 Å². The minimum Gasteiger partial charge on any atom is -0.491 e. The topological polar surface area (TPSA) is 55.2 Å². The van der Waals surface area contributed by atoms with E-state index in [0.717, 1.165) is 0 Å². The van der Waals surface area contributed by atoms with Crippen LogP contribution in [0, 0.1) is 5.41 Å². The summed E-state index contributed by atoms with van der Waals surface area (Å²) < 4.78 is 10.3. The van der Waals surface area contributed by atoms with Gasteiger partial charge < -0.3 is 14.9 Å². The summed E-state index contributed by atoms with van der Waals surface area (Å²) in [6.07, 6.45) is 2.72. The summed E-state index contributed by atoms with van der Waals surface area (Å²) in [7, 11) is 1.56. The van der Waals surface area contributed by atoms with Gasteiger partial charge in [0.15, 0.2) is 11.5 Å². The molecule has 1 aromatic rings. The van der Waals surface area contributed by atoms with Gasteiger partial charge in [-0.25, -0.2) is 0 Å². The van der Waals surface area contributed by atoms with Crippen molar-refractivity contribution in [2.75, 3.05) is 13.7 Å². The van der Waals surface area contributed by atoms with E-state index in [-0.39, 0.29) is 0 Å². The van der Waals surface area contributed by atoms with Crippen LogP contribution in [0.4, 0.5) is 0 Å². The highest BCUT2D eigenvalue weighted by Crippen LogP contribution is 2.25. The summed E-state index contributed by atoms with van der Waals surface area (Å²) >= 11 is 0. The van der Waals surface area contributed by atoms with E-state index in [1.54, 1.807) is 19.4 Å². The number of nitrogens with zero attached hydrogens (tertiary/aromatic N) is 1. The lowest BCUT2D eigenvalue weighted by Crippen LogP contribution is -1.98. The molecule has 13 heavy (non-hydrogen) atoms. The fourth-order valence-electron chi connectivity index (χ4n) is 0.940. The van der Waals surface area contributed by atoms with Gasteiger partial charge in [-0.3, -0.25) is 4.98 Å². The third-order valence-corrected chi connectivity index (χ3v) is 1.52. The monoisotopic (exact) mass is 180 g/mol. The summed E-state index contributed by atoms with van der Waals surface area (Å²) in [6.45, 7) is 2.46. The standard InChI is InChI=1S/C9H12N2O2/c1-3-13-8-4-7(5-10)11-6-9(8)12-2/h4-6,10H,3H2,1-2H3. The average Bonchev–Trinajstić information content (AvgIpc) is 2.18. The molecule has 0 aliphatic heterocycles. The summed E-state index contributed by atoms with van der Waals surface area (Å²) in [5.41, 5.74) is 0.559. The Bertz CT molecular complexity index is 300. The Hall–Kier alpha value is -1.58. The van der Waals surface area contributed by atoms with Crippen molar-refractivity contribution in [3.63, 3.8) is 0 Å². The molecule has 0 aromatic carbocycles. The minimum atomic E-state index is 0.559. The first-order valence-electron chi connectivity index (χ1n) is 3.99. The van der Waals surface area contributed by atoms with Crippen molar-refractivity contribution < 1.29 is 9.47 Å². The van der Waals surface area contributed by atoms with E-state index in [2.05, 4.69) is 4.98 Å². The molecule has 70 valence electrons. The summed E-state index contributed by atoms with van der Waals surface area (Å²) in [6, 6.07) is 1.68. The molecule has 0 radical (unpaired) electrons. The van der Waals surface area contributed by atoms with Crippen molar-refractivity contribution >= 4 is 6.21 Å². The zero-order valence-corrected chi connectivity index (χ0v) is 7.70. The van der Waals surface area contributed by atoms with Crippen LogP contribution in [-0.2, 0) is 0 Å². The van der Waals surface area contributed by atoms with E-state index in [9.17, 15) is 0 Å². The molecule has 0 aliphatic rings. The first-order valence-corrected chi connectivity index (χ1v) is 3.99. The molecule has 0 spiro atoms. The first kappa shape index (κ1) is 9.51. The SMILES string of the molecule is CCOc1cc(C=N)ncc1OC. The molecule has 0 unspecified atom stereocenters. The van der Waals surface area contributed by atoms with Gasteiger partial charge in [0.25, 0.3) is 0 Å². The van der Waals surface area contributed by atoms with Gasteiger partial charge in [-0.1, -0.05) is 0 Å². The van der Waals surface area contributed by atoms with Crippen molar-refractivity contribution in [2.45, 2.75) is 6.92 Å². The van der Waals surface area contributed by atoms with Crippen LogP contribution in [0.3, 0.4) is 0 Å². The Morgan fingerprint density at radius 2 is 2.31 bits per heavy atom. The molecular formula is C9H12N2O2. The van der Waals surface area contributed by atoms with Crippen LogP contribution in [0.25, 0.3) is 0 Å². The van der Waals surface area contributed by atoms with Gasteiger partial charge in [0, 0.05) is 12.3 Å². The first-order chi connectivity index (χ1) is 6.31. The van der Waals surface area contributed by atoms with Crippen LogP contribution in [0.15, 0.2) is 12.3 Å². The van der Waals surface area contributed by atoms with E-state index >= 15 is 0 Å². The van der Waals surface area contributed by atoms with E-state index in [0.29, 0.717) is 23.8 Å². The van der Waals surface area contributed by atoms with Crippen LogP contribution in [-0.4, -0.2) is 24.9 Å². The highest BCUT2D eigenvalue weighted by molar-refractivity contribution is 5.75. The zero-order chi connectivity index (χ0) is 9.68. The highest BCUT2D eigenvalue weighted by Gasteiger charge is 2.04. The third kappa shape index (κ3) is 2.18. The van der Waals surface area contributed by atoms with Crippen LogP contribution in [0.5, 0.6) is 11.5 Å². The fourth-order valence-corrected chi connectivity index (χ4v) is 0.940. The van der Waals surface area contributed by atoms with Crippen molar-refractivity contribution in [1.29, 1.82) is 5.41 Å². The van der Waals surface area contributed by atoms with Crippen LogP contribution in [0.1, 0.15) is 12.6 Å². The predicted molar refractivity (Wildman–Crippen MR) is 49.8 cm³/mol. The molecule has 0 atom stereocenters. The second-order valence-electron chi connectivity index (χ2n) is 2.34. The molecule has 0 aliphatic carbocycles. The van der Waals surface area contributed by atoms with Crippen molar-refractivity contribution in [3.05, 3.63) is 18.0 Å². The van der Waals surface area contributed by atoms with Crippen molar-refractivity contribution in [1.82, 2.24) is 4.98 Å². The summed E-state index contributed by atoms with van der Waals surface area (Å²) in [5.74, 6) is 1.21. The Labute approximate surface area is 77.0 Å². The fraction of sp³-hybridized carbons (Fsp3) is 0.333. The largest absolute Gasteiger partial charge is 0.491 e. The lowest BCUT2D eigenvalue weighted by atomic mass is 10.3. The maximum atomic E-state index is 7.02. The predicted octanol–water partition coefficient (Wildman–Crippen LogP) is 1.49. The van der Waals surface area contributed by atoms with Crippen molar-refractivity contribution in [3.8, 4) is 11.5 Å². The van der Waals surface area contributed by atoms with Gasteiger partial charge in [0.2, 0.25) is 0 Å². The van der Waals surface area contributed by atoms with Crippen LogP contribution in [0.2, 0.25) is 0 Å². The Balaban J connectivity index is 3.02. The normalized spacial score (nSPS) is 9.38.